The summed E-state index contributed by atoms with van der Waals surface area (Å²) in [5.74, 6) is -2.94. The summed E-state index contributed by atoms with van der Waals surface area (Å²) in [5, 5.41) is 12.5. The van der Waals surface area contributed by atoms with Gasteiger partial charge in [0.05, 0.1) is 12.1 Å². The first-order valence-electron chi connectivity index (χ1n) is 4.33. The van der Waals surface area contributed by atoms with E-state index in [4.69, 9.17) is 10.8 Å². The molecule has 0 fully saturated rings. The number of nitrogens with zero attached hydrogens (tertiary/aromatic N) is 2. The predicted octanol–water partition coefficient (Wildman–Crippen LogP) is 1.18. The summed E-state index contributed by atoms with van der Waals surface area (Å²) in [7, 11) is 0. The van der Waals surface area contributed by atoms with E-state index >= 15 is 0 Å². The first-order valence-corrected chi connectivity index (χ1v) is 4.33. The number of halogens is 2. The van der Waals surface area contributed by atoms with Crippen molar-refractivity contribution in [1.82, 2.24) is 10.1 Å². The molecule has 1 aromatic carbocycles. The molecule has 84 valence electrons. The van der Waals surface area contributed by atoms with E-state index in [1.54, 1.807) is 0 Å². The largest absolute Gasteiger partial charge is 0.505 e. The van der Waals surface area contributed by atoms with Crippen LogP contribution in [0.5, 0.6) is 5.75 Å². The van der Waals surface area contributed by atoms with Crippen LogP contribution in [0.25, 0.3) is 11.4 Å². The summed E-state index contributed by atoms with van der Waals surface area (Å²) in [6.45, 7) is -0.0327. The van der Waals surface area contributed by atoms with E-state index in [0.29, 0.717) is 0 Å². The van der Waals surface area contributed by atoms with Crippen LogP contribution in [0.3, 0.4) is 0 Å². The van der Waals surface area contributed by atoms with Crippen molar-refractivity contribution in [2.45, 2.75) is 6.54 Å². The Kier molecular flexibility index (Phi) is 2.53. The van der Waals surface area contributed by atoms with Crippen LogP contribution in [0, 0.1) is 11.6 Å². The van der Waals surface area contributed by atoms with Crippen LogP contribution in [0.2, 0.25) is 0 Å². The molecular formula is C9H7F2N3O2. The predicted molar refractivity (Wildman–Crippen MR) is 49.2 cm³/mol. The molecule has 0 saturated carbocycles. The first kappa shape index (κ1) is 10.5. The molecular weight excluding hydrogens is 220 g/mol. The quantitative estimate of drug-likeness (QED) is 0.804. The van der Waals surface area contributed by atoms with Gasteiger partial charge in [-0.3, -0.25) is 0 Å². The molecule has 0 aliphatic rings. The summed E-state index contributed by atoms with van der Waals surface area (Å²) in [6, 6.07) is 1.81. The van der Waals surface area contributed by atoms with Gasteiger partial charge in [0.1, 0.15) is 5.82 Å². The number of hydrogen-bond acceptors (Lipinski definition) is 5. The lowest BCUT2D eigenvalue weighted by Crippen LogP contribution is -1.97. The minimum atomic E-state index is -1.13. The molecule has 2 rings (SSSR count). The lowest BCUT2D eigenvalue weighted by Gasteiger charge is -2.01. The molecule has 0 radical (unpaired) electrons. The fourth-order valence-corrected chi connectivity index (χ4v) is 1.19. The summed E-state index contributed by atoms with van der Waals surface area (Å²) < 4.78 is 31.4. The molecule has 0 atom stereocenters. The van der Waals surface area contributed by atoms with Crippen molar-refractivity contribution < 1.29 is 18.4 Å². The Balaban J connectivity index is 2.58. The van der Waals surface area contributed by atoms with Crippen LogP contribution in [0.4, 0.5) is 8.78 Å². The third kappa shape index (κ3) is 1.61. The summed E-state index contributed by atoms with van der Waals surface area (Å²) >= 11 is 0. The van der Waals surface area contributed by atoms with E-state index in [1.807, 2.05) is 0 Å². The highest BCUT2D eigenvalue weighted by Gasteiger charge is 2.19. The van der Waals surface area contributed by atoms with E-state index in [-0.39, 0.29) is 18.3 Å². The van der Waals surface area contributed by atoms with Crippen molar-refractivity contribution >= 4 is 0 Å². The molecule has 1 aromatic heterocycles. The molecule has 0 amide bonds. The van der Waals surface area contributed by atoms with Crippen molar-refractivity contribution in [2.75, 3.05) is 0 Å². The van der Waals surface area contributed by atoms with Gasteiger partial charge < -0.3 is 15.4 Å². The van der Waals surface area contributed by atoms with Gasteiger partial charge in [0.2, 0.25) is 11.7 Å². The van der Waals surface area contributed by atoms with Gasteiger partial charge in [-0.2, -0.15) is 4.98 Å². The molecule has 7 heteroatoms. The third-order valence-electron chi connectivity index (χ3n) is 1.94. The zero-order valence-electron chi connectivity index (χ0n) is 7.94. The van der Waals surface area contributed by atoms with Crippen LogP contribution in [-0.2, 0) is 6.54 Å². The second kappa shape index (κ2) is 3.86. The smallest absolute Gasteiger partial charge is 0.240 e. The van der Waals surface area contributed by atoms with E-state index < -0.39 is 22.9 Å². The average Bonchev–Trinajstić information content (AvgIpc) is 2.73. The SMILES string of the molecule is NCc1nc(-c2c(F)ccc(O)c2F)no1. The molecule has 0 unspecified atom stereocenters. The zero-order valence-corrected chi connectivity index (χ0v) is 7.94. The van der Waals surface area contributed by atoms with Crippen molar-refractivity contribution in [3.05, 3.63) is 29.7 Å². The highest BCUT2D eigenvalue weighted by Crippen LogP contribution is 2.29. The highest BCUT2D eigenvalue weighted by molar-refractivity contribution is 5.59. The van der Waals surface area contributed by atoms with Crippen LogP contribution >= 0.6 is 0 Å². The van der Waals surface area contributed by atoms with Gasteiger partial charge in [-0.05, 0) is 12.1 Å². The molecule has 0 saturated heterocycles. The van der Waals surface area contributed by atoms with Crippen molar-refractivity contribution in [2.24, 2.45) is 5.73 Å². The maximum Gasteiger partial charge on any atom is 0.240 e. The number of phenols is 1. The van der Waals surface area contributed by atoms with Gasteiger partial charge in [0, 0.05) is 0 Å². The lowest BCUT2D eigenvalue weighted by atomic mass is 10.1. The van der Waals surface area contributed by atoms with Crippen molar-refractivity contribution in [1.29, 1.82) is 0 Å². The second-order valence-corrected chi connectivity index (χ2v) is 2.97. The normalized spacial score (nSPS) is 10.7. The molecule has 16 heavy (non-hydrogen) atoms. The van der Waals surface area contributed by atoms with Gasteiger partial charge >= 0.3 is 0 Å². The first-order chi connectivity index (χ1) is 7.63. The second-order valence-electron chi connectivity index (χ2n) is 2.97. The number of benzene rings is 1. The third-order valence-corrected chi connectivity index (χ3v) is 1.94. The molecule has 3 N–H and O–H groups in total. The Morgan fingerprint density at radius 3 is 2.75 bits per heavy atom. The van der Waals surface area contributed by atoms with Gasteiger partial charge in [0.15, 0.2) is 11.6 Å². The summed E-state index contributed by atoms with van der Waals surface area (Å²) in [4.78, 5) is 3.67. The van der Waals surface area contributed by atoms with Gasteiger partial charge in [-0.1, -0.05) is 5.16 Å². The number of rotatable bonds is 2. The molecule has 2 aromatic rings. The molecule has 1 heterocycles. The Bertz CT molecular complexity index is 527. The molecule has 0 aliphatic heterocycles. The summed E-state index contributed by atoms with van der Waals surface area (Å²) in [6.07, 6.45) is 0. The fraction of sp³-hybridized carbons (Fsp3) is 0.111. The average molecular weight is 227 g/mol. The van der Waals surface area contributed by atoms with Crippen molar-refractivity contribution in [3.63, 3.8) is 0 Å². The Morgan fingerprint density at radius 1 is 1.38 bits per heavy atom. The molecule has 0 bridgehead atoms. The van der Waals surface area contributed by atoms with Crippen LogP contribution in [0.1, 0.15) is 5.89 Å². The topological polar surface area (TPSA) is 85.2 Å². The van der Waals surface area contributed by atoms with E-state index in [9.17, 15) is 8.78 Å². The number of hydrogen-bond donors (Lipinski definition) is 2. The highest BCUT2D eigenvalue weighted by atomic mass is 19.1. The number of phenolic OH excluding ortho intramolecular Hbond substituents is 1. The minimum Gasteiger partial charge on any atom is -0.505 e. The lowest BCUT2D eigenvalue weighted by molar-refractivity contribution is 0.379. The van der Waals surface area contributed by atoms with E-state index in [2.05, 4.69) is 14.7 Å². The van der Waals surface area contributed by atoms with Gasteiger partial charge in [-0.25, -0.2) is 8.78 Å². The zero-order chi connectivity index (χ0) is 11.7. The molecule has 5 nitrogen and oxygen atoms in total. The van der Waals surface area contributed by atoms with Crippen LogP contribution in [-0.4, -0.2) is 15.2 Å². The number of nitrogens with two attached hydrogens (primary N) is 1. The number of aromatic hydroxyl groups is 1. The monoisotopic (exact) mass is 227 g/mol. The fourth-order valence-electron chi connectivity index (χ4n) is 1.19. The van der Waals surface area contributed by atoms with Gasteiger partial charge in [0.25, 0.3) is 0 Å². The van der Waals surface area contributed by atoms with Crippen molar-refractivity contribution in [3.8, 4) is 17.1 Å². The Hall–Kier alpha value is -2.02. The van der Waals surface area contributed by atoms with Crippen LogP contribution in [0.15, 0.2) is 16.7 Å². The maximum absolute atomic E-state index is 13.4. The number of aromatic nitrogens is 2. The van der Waals surface area contributed by atoms with E-state index in [0.717, 1.165) is 12.1 Å². The Morgan fingerprint density at radius 2 is 2.12 bits per heavy atom. The maximum atomic E-state index is 13.4. The van der Waals surface area contributed by atoms with Gasteiger partial charge in [-0.15, -0.1) is 0 Å². The van der Waals surface area contributed by atoms with E-state index in [1.165, 1.54) is 0 Å². The molecule has 0 spiro atoms. The Labute approximate surface area is 88.5 Å². The summed E-state index contributed by atoms with van der Waals surface area (Å²) in [5.41, 5.74) is 4.68. The molecule has 0 aliphatic carbocycles. The minimum absolute atomic E-state index is 0.0327. The van der Waals surface area contributed by atoms with Crippen LogP contribution < -0.4 is 5.73 Å². The standard InChI is InChI=1S/C9H7F2N3O2/c10-4-1-2-5(15)8(11)7(4)9-13-6(3-12)16-14-9/h1-2,15H,3,12H2.